The summed E-state index contributed by atoms with van der Waals surface area (Å²) in [5.41, 5.74) is 9.45. The van der Waals surface area contributed by atoms with Crippen LogP contribution in [-0.4, -0.2) is 18.6 Å². The highest BCUT2D eigenvalue weighted by molar-refractivity contribution is 5.85. The van der Waals surface area contributed by atoms with Crippen LogP contribution >= 0.6 is 0 Å². The van der Waals surface area contributed by atoms with E-state index in [1.54, 1.807) is 0 Å². The Morgan fingerprint density at radius 2 is 2.12 bits per heavy atom. The summed E-state index contributed by atoms with van der Waals surface area (Å²) in [6, 6.07) is 8.85. The lowest BCUT2D eigenvalue weighted by molar-refractivity contribution is 0.532. The number of aromatic amines is 1. The van der Waals surface area contributed by atoms with Gasteiger partial charge in [0, 0.05) is 22.6 Å². The van der Waals surface area contributed by atoms with Crippen molar-refractivity contribution in [3.05, 3.63) is 35.5 Å². The van der Waals surface area contributed by atoms with Crippen molar-refractivity contribution in [2.75, 3.05) is 13.6 Å². The quantitative estimate of drug-likeness (QED) is 0.740. The van der Waals surface area contributed by atoms with Crippen molar-refractivity contribution < 1.29 is 0 Å². The van der Waals surface area contributed by atoms with Crippen molar-refractivity contribution in [3.63, 3.8) is 0 Å². The minimum absolute atomic E-state index is 0.384. The standard InChI is InChI=1S/C14H21N3/c1-10-14(13(16-2)8-5-9-15)11-6-3-4-7-12(11)17-10/h3-4,6-7,13,16-17H,5,8-9,15H2,1-2H3. The van der Waals surface area contributed by atoms with Crippen molar-refractivity contribution >= 4 is 10.9 Å². The van der Waals surface area contributed by atoms with Crippen LogP contribution in [0, 0.1) is 6.92 Å². The largest absolute Gasteiger partial charge is 0.358 e. The molecule has 3 heteroatoms. The van der Waals surface area contributed by atoms with Crippen molar-refractivity contribution in [1.29, 1.82) is 0 Å². The number of benzene rings is 1. The van der Waals surface area contributed by atoms with Gasteiger partial charge in [0.2, 0.25) is 0 Å². The van der Waals surface area contributed by atoms with Crippen LogP contribution < -0.4 is 11.1 Å². The van der Waals surface area contributed by atoms with Crippen LogP contribution in [0.25, 0.3) is 10.9 Å². The van der Waals surface area contributed by atoms with E-state index in [-0.39, 0.29) is 0 Å². The summed E-state index contributed by atoms with van der Waals surface area (Å²) in [7, 11) is 2.02. The van der Waals surface area contributed by atoms with E-state index in [4.69, 9.17) is 5.73 Å². The van der Waals surface area contributed by atoms with Crippen molar-refractivity contribution in [2.24, 2.45) is 5.73 Å². The molecular formula is C14H21N3. The molecule has 1 atom stereocenters. The van der Waals surface area contributed by atoms with Gasteiger partial charge in [0.1, 0.15) is 0 Å². The maximum absolute atomic E-state index is 5.60. The number of aromatic nitrogens is 1. The zero-order chi connectivity index (χ0) is 12.3. The Morgan fingerprint density at radius 3 is 2.82 bits per heavy atom. The van der Waals surface area contributed by atoms with Crippen molar-refractivity contribution in [3.8, 4) is 0 Å². The number of rotatable bonds is 5. The molecule has 1 aromatic heterocycles. The van der Waals surface area contributed by atoms with E-state index in [0.29, 0.717) is 6.04 Å². The Hall–Kier alpha value is -1.32. The van der Waals surface area contributed by atoms with Crippen LogP contribution in [-0.2, 0) is 0 Å². The van der Waals surface area contributed by atoms with Gasteiger partial charge in [-0.25, -0.2) is 0 Å². The molecule has 1 aromatic carbocycles. The van der Waals surface area contributed by atoms with Crippen LogP contribution in [0.15, 0.2) is 24.3 Å². The Bertz CT molecular complexity index is 487. The molecule has 0 bridgehead atoms. The van der Waals surface area contributed by atoms with Gasteiger partial charge < -0.3 is 16.0 Å². The first-order valence-electron chi connectivity index (χ1n) is 6.22. The number of nitrogens with one attached hydrogen (secondary N) is 2. The van der Waals surface area contributed by atoms with Gasteiger partial charge in [0.05, 0.1) is 0 Å². The summed E-state index contributed by atoms with van der Waals surface area (Å²) in [6.07, 6.45) is 2.13. The molecule has 1 unspecified atom stereocenters. The molecule has 0 saturated heterocycles. The monoisotopic (exact) mass is 231 g/mol. The molecule has 0 amide bonds. The van der Waals surface area contributed by atoms with Crippen LogP contribution in [0.5, 0.6) is 0 Å². The lowest BCUT2D eigenvalue weighted by Crippen LogP contribution is -2.18. The summed E-state index contributed by atoms with van der Waals surface area (Å²) >= 11 is 0. The van der Waals surface area contributed by atoms with Crippen molar-refractivity contribution in [1.82, 2.24) is 10.3 Å². The number of hydrogen-bond acceptors (Lipinski definition) is 2. The number of nitrogens with two attached hydrogens (primary N) is 1. The molecule has 92 valence electrons. The zero-order valence-electron chi connectivity index (χ0n) is 10.6. The second-order valence-corrected chi connectivity index (χ2v) is 4.48. The molecule has 1 heterocycles. The van der Waals surface area contributed by atoms with Gasteiger partial charge in [0.15, 0.2) is 0 Å². The fraction of sp³-hybridized carbons (Fsp3) is 0.429. The fourth-order valence-electron chi connectivity index (χ4n) is 2.50. The third-order valence-corrected chi connectivity index (χ3v) is 3.34. The molecule has 17 heavy (non-hydrogen) atoms. The molecule has 0 fully saturated rings. The SMILES string of the molecule is CNC(CCCN)c1c(C)[nH]c2ccccc12. The summed E-state index contributed by atoms with van der Waals surface area (Å²) in [5.74, 6) is 0. The molecule has 0 aliphatic rings. The predicted molar refractivity (Wildman–Crippen MR) is 73.1 cm³/mol. The number of aryl methyl sites for hydroxylation is 1. The first kappa shape index (κ1) is 12.1. The van der Waals surface area contributed by atoms with E-state index in [2.05, 4.69) is 41.5 Å². The first-order valence-corrected chi connectivity index (χ1v) is 6.22. The molecular weight excluding hydrogens is 210 g/mol. The van der Waals surface area contributed by atoms with Crippen molar-refractivity contribution in [2.45, 2.75) is 25.8 Å². The molecule has 4 N–H and O–H groups in total. The second kappa shape index (κ2) is 5.34. The average Bonchev–Trinajstić information content (AvgIpc) is 2.67. The Labute approximate surface area is 102 Å². The molecule has 0 radical (unpaired) electrons. The minimum Gasteiger partial charge on any atom is -0.358 e. The second-order valence-electron chi connectivity index (χ2n) is 4.48. The molecule has 2 rings (SSSR count). The summed E-state index contributed by atoms with van der Waals surface area (Å²) in [5, 5.41) is 4.72. The Morgan fingerprint density at radius 1 is 1.35 bits per heavy atom. The van der Waals surface area contributed by atoms with E-state index in [1.165, 1.54) is 22.2 Å². The van der Waals surface area contributed by atoms with Gasteiger partial charge in [0.25, 0.3) is 0 Å². The van der Waals surface area contributed by atoms with Gasteiger partial charge in [-0.05, 0) is 45.0 Å². The molecule has 0 aliphatic heterocycles. The van der Waals surface area contributed by atoms with Gasteiger partial charge in [-0.1, -0.05) is 18.2 Å². The summed E-state index contributed by atoms with van der Waals surface area (Å²) < 4.78 is 0. The van der Waals surface area contributed by atoms with Crippen LogP contribution in [0.2, 0.25) is 0 Å². The molecule has 0 spiro atoms. The summed E-state index contributed by atoms with van der Waals surface area (Å²) in [4.78, 5) is 3.45. The smallest absolute Gasteiger partial charge is 0.0459 e. The Kier molecular flexibility index (Phi) is 3.82. The molecule has 0 aliphatic carbocycles. The minimum atomic E-state index is 0.384. The van der Waals surface area contributed by atoms with Gasteiger partial charge in [-0.15, -0.1) is 0 Å². The highest BCUT2D eigenvalue weighted by atomic mass is 14.9. The number of para-hydroxylation sites is 1. The molecule has 2 aromatic rings. The van der Waals surface area contributed by atoms with Crippen LogP contribution in [0.3, 0.4) is 0 Å². The maximum Gasteiger partial charge on any atom is 0.0459 e. The van der Waals surface area contributed by atoms with E-state index < -0.39 is 0 Å². The van der Waals surface area contributed by atoms with E-state index in [1.807, 2.05) is 7.05 Å². The highest BCUT2D eigenvalue weighted by Gasteiger charge is 2.16. The number of fused-ring (bicyclic) bond motifs is 1. The molecule has 0 saturated carbocycles. The predicted octanol–water partition coefficient (Wildman–Crippen LogP) is 2.48. The lowest BCUT2D eigenvalue weighted by Gasteiger charge is -2.16. The highest BCUT2D eigenvalue weighted by Crippen LogP contribution is 2.29. The molecule has 3 nitrogen and oxygen atoms in total. The van der Waals surface area contributed by atoms with Gasteiger partial charge >= 0.3 is 0 Å². The van der Waals surface area contributed by atoms with E-state index in [0.717, 1.165) is 19.4 Å². The average molecular weight is 231 g/mol. The maximum atomic E-state index is 5.60. The third-order valence-electron chi connectivity index (χ3n) is 3.34. The summed E-state index contributed by atoms with van der Waals surface area (Å²) in [6.45, 7) is 2.89. The first-order chi connectivity index (χ1) is 8.27. The van der Waals surface area contributed by atoms with Crippen LogP contribution in [0.4, 0.5) is 0 Å². The van der Waals surface area contributed by atoms with Gasteiger partial charge in [-0.3, -0.25) is 0 Å². The van der Waals surface area contributed by atoms with Gasteiger partial charge in [-0.2, -0.15) is 0 Å². The zero-order valence-corrected chi connectivity index (χ0v) is 10.6. The number of hydrogen-bond donors (Lipinski definition) is 3. The topological polar surface area (TPSA) is 53.8 Å². The third kappa shape index (κ3) is 2.35. The lowest BCUT2D eigenvalue weighted by atomic mass is 9.99. The van der Waals surface area contributed by atoms with Crippen LogP contribution in [0.1, 0.15) is 30.1 Å². The van der Waals surface area contributed by atoms with E-state index in [9.17, 15) is 0 Å². The van der Waals surface area contributed by atoms with E-state index >= 15 is 0 Å². The number of H-pyrrole nitrogens is 1. The fourth-order valence-corrected chi connectivity index (χ4v) is 2.50. The Balaban J connectivity index is 2.41. The normalized spacial score (nSPS) is 13.1.